The van der Waals surface area contributed by atoms with Gasteiger partial charge in [-0.25, -0.2) is 0 Å². The van der Waals surface area contributed by atoms with Crippen molar-refractivity contribution in [2.45, 2.75) is 65.2 Å². The Balaban J connectivity index is 1.92. The Labute approximate surface area is 89.5 Å². The van der Waals surface area contributed by atoms with Gasteiger partial charge in [-0.1, -0.05) is 58.8 Å². The van der Waals surface area contributed by atoms with Gasteiger partial charge in [-0.05, 0) is 30.1 Å². The van der Waals surface area contributed by atoms with E-state index < -0.39 is 0 Å². The van der Waals surface area contributed by atoms with Gasteiger partial charge in [0.05, 0.1) is 0 Å². The van der Waals surface area contributed by atoms with Crippen LogP contribution in [0.4, 0.5) is 0 Å². The van der Waals surface area contributed by atoms with Crippen LogP contribution in [0.5, 0.6) is 0 Å². The molecule has 3 unspecified atom stereocenters. The zero-order valence-electron chi connectivity index (χ0n) is 9.97. The molecule has 0 aromatic heterocycles. The Morgan fingerprint density at radius 1 is 0.786 bits per heavy atom. The molecule has 14 heavy (non-hydrogen) atoms. The van der Waals surface area contributed by atoms with E-state index in [-0.39, 0.29) is 0 Å². The van der Waals surface area contributed by atoms with E-state index in [0.29, 0.717) is 0 Å². The van der Waals surface area contributed by atoms with E-state index >= 15 is 0 Å². The van der Waals surface area contributed by atoms with E-state index in [1.54, 1.807) is 12.8 Å². The van der Waals surface area contributed by atoms with E-state index in [4.69, 9.17) is 0 Å². The molecule has 2 aliphatic rings. The summed E-state index contributed by atoms with van der Waals surface area (Å²) in [5.74, 6) is 4.22. The van der Waals surface area contributed by atoms with Crippen LogP contribution >= 0.6 is 0 Å². The predicted octanol–water partition coefficient (Wildman–Crippen LogP) is 4.64. The second kappa shape index (κ2) is 4.68. The molecule has 3 atom stereocenters. The minimum atomic E-state index is 1.01. The molecule has 0 aliphatic heterocycles. The highest BCUT2D eigenvalue weighted by Gasteiger charge is 2.32. The summed E-state index contributed by atoms with van der Waals surface area (Å²) in [6, 6.07) is 0. The highest BCUT2D eigenvalue weighted by molar-refractivity contribution is 4.82. The van der Waals surface area contributed by atoms with Crippen LogP contribution in [0, 0.1) is 23.7 Å². The van der Waals surface area contributed by atoms with Gasteiger partial charge in [0.15, 0.2) is 0 Å². The van der Waals surface area contributed by atoms with Crippen molar-refractivity contribution in [1.82, 2.24) is 0 Å². The van der Waals surface area contributed by atoms with Gasteiger partial charge in [0, 0.05) is 0 Å². The number of rotatable bonds is 1. The average Bonchev–Trinajstić information content (AvgIpc) is 2.23. The summed E-state index contributed by atoms with van der Waals surface area (Å²) < 4.78 is 0. The van der Waals surface area contributed by atoms with Crippen LogP contribution in [0.25, 0.3) is 0 Å². The number of hydrogen-bond donors (Lipinski definition) is 0. The van der Waals surface area contributed by atoms with Crippen molar-refractivity contribution in [1.29, 1.82) is 0 Å². The summed E-state index contributed by atoms with van der Waals surface area (Å²) in [5.41, 5.74) is 0. The molecule has 0 spiro atoms. The third-order valence-corrected chi connectivity index (χ3v) is 4.78. The van der Waals surface area contributed by atoms with Gasteiger partial charge in [-0.15, -0.1) is 0 Å². The molecule has 0 heterocycles. The second-order valence-corrected chi connectivity index (χ2v) is 5.96. The molecule has 0 nitrogen and oxygen atoms in total. The van der Waals surface area contributed by atoms with Gasteiger partial charge >= 0.3 is 0 Å². The molecule has 2 aliphatic carbocycles. The molecule has 0 saturated heterocycles. The fourth-order valence-electron chi connectivity index (χ4n) is 3.80. The SMILES string of the molecule is CC1CCC(C)C(C2CCCCC2)C1. The van der Waals surface area contributed by atoms with E-state index in [1.165, 1.54) is 38.5 Å². The first kappa shape index (κ1) is 10.5. The van der Waals surface area contributed by atoms with Crippen molar-refractivity contribution in [3.63, 3.8) is 0 Å². The standard InChI is InChI=1S/C14H26/c1-11-8-9-12(2)14(10-11)13-6-4-3-5-7-13/h11-14H,3-10H2,1-2H3. The van der Waals surface area contributed by atoms with Crippen molar-refractivity contribution in [3.8, 4) is 0 Å². The van der Waals surface area contributed by atoms with Crippen LogP contribution in [0.15, 0.2) is 0 Å². The fraction of sp³-hybridized carbons (Fsp3) is 1.00. The predicted molar refractivity (Wildman–Crippen MR) is 62.2 cm³/mol. The molecule has 0 aromatic rings. The van der Waals surface area contributed by atoms with Crippen molar-refractivity contribution < 1.29 is 0 Å². The smallest absolute Gasteiger partial charge is 0.0358 e. The van der Waals surface area contributed by atoms with E-state index in [2.05, 4.69) is 13.8 Å². The minimum absolute atomic E-state index is 1.01. The molecule has 0 bridgehead atoms. The highest BCUT2D eigenvalue weighted by Crippen LogP contribution is 2.42. The Morgan fingerprint density at radius 3 is 2.21 bits per heavy atom. The van der Waals surface area contributed by atoms with Gasteiger partial charge < -0.3 is 0 Å². The van der Waals surface area contributed by atoms with Gasteiger partial charge in [-0.2, -0.15) is 0 Å². The molecule has 0 amide bonds. The van der Waals surface area contributed by atoms with E-state index in [9.17, 15) is 0 Å². The summed E-state index contributed by atoms with van der Waals surface area (Å²) in [5, 5.41) is 0. The summed E-state index contributed by atoms with van der Waals surface area (Å²) >= 11 is 0. The first-order chi connectivity index (χ1) is 6.77. The van der Waals surface area contributed by atoms with Crippen LogP contribution in [-0.4, -0.2) is 0 Å². The molecule has 0 N–H and O–H groups in total. The maximum absolute atomic E-state index is 2.51. The molecule has 0 heteroatoms. The Hall–Kier alpha value is 0. The Bertz CT molecular complexity index is 167. The largest absolute Gasteiger partial charge is 0.0625 e. The van der Waals surface area contributed by atoms with Gasteiger partial charge in [0.25, 0.3) is 0 Å². The molecule has 2 fully saturated rings. The average molecular weight is 194 g/mol. The molecule has 2 rings (SSSR count). The summed E-state index contributed by atoms with van der Waals surface area (Å²) in [7, 11) is 0. The molecule has 0 radical (unpaired) electrons. The fourth-order valence-corrected chi connectivity index (χ4v) is 3.80. The van der Waals surface area contributed by atoms with Crippen LogP contribution in [-0.2, 0) is 0 Å². The lowest BCUT2D eigenvalue weighted by atomic mass is 9.66. The van der Waals surface area contributed by atoms with Crippen molar-refractivity contribution >= 4 is 0 Å². The lowest BCUT2D eigenvalue weighted by molar-refractivity contribution is 0.112. The Kier molecular flexibility index (Phi) is 3.52. The van der Waals surface area contributed by atoms with Gasteiger partial charge in [-0.3, -0.25) is 0 Å². The third kappa shape index (κ3) is 2.32. The highest BCUT2D eigenvalue weighted by atomic mass is 14.4. The first-order valence-electron chi connectivity index (χ1n) is 6.77. The zero-order valence-corrected chi connectivity index (χ0v) is 9.97. The van der Waals surface area contributed by atoms with Gasteiger partial charge in [0.1, 0.15) is 0 Å². The molecular formula is C14H26. The van der Waals surface area contributed by atoms with Crippen LogP contribution < -0.4 is 0 Å². The maximum Gasteiger partial charge on any atom is -0.0358 e. The topological polar surface area (TPSA) is 0 Å². The van der Waals surface area contributed by atoms with Crippen LogP contribution in [0.1, 0.15) is 65.2 Å². The summed E-state index contributed by atoms with van der Waals surface area (Å²) in [6.45, 7) is 4.97. The quantitative estimate of drug-likeness (QED) is 0.570. The summed E-state index contributed by atoms with van der Waals surface area (Å²) in [6.07, 6.45) is 12.2. The van der Waals surface area contributed by atoms with Gasteiger partial charge in [0.2, 0.25) is 0 Å². The minimum Gasteiger partial charge on any atom is -0.0625 e. The van der Waals surface area contributed by atoms with Crippen molar-refractivity contribution in [3.05, 3.63) is 0 Å². The Morgan fingerprint density at radius 2 is 1.50 bits per heavy atom. The van der Waals surface area contributed by atoms with Crippen molar-refractivity contribution in [2.24, 2.45) is 23.7 Å². The van der Waals surface area contributed by atoms with E-state index in [0.717, 1.165) is 23.7 Å². The number of hydrogen-bond acceptors (Lipinski definition) is 0. The molecule has 0 aromatic carbocycles. The monoisotopic (exact) mass is 194 g/mol. The second-order valence-electron chi connectivity index (χ2n) is 5.96. The normalized spacial score (nSPS) is 41.1. The third-order valence-electron chi connectivity index (χ3n) is 4.78. The van der Waals surface area contributed by atoms with Crippen LogP contribution in [0.2, 0.25) is 0 Å². The van der Waals surface area contributed by atoms with Crippen LogP contribution in [0.3, 0.4) is 0 Å². The molecule has 82 valence electrons. The summed E-state index contributed by atoms with van der Waals surface area (Å²) in [4.78, 5) is 0. The van der Waals surface area contributed by atoms with E-state index in [1.807, 2.05) is 0 Å². The van der Waals surface area contributed by atoms with Crippen molar-refractivity contribution in [2.75, 3.05) is 0 Å². The lowest BCUT2D eigenvalue weighted by Crippen LogP contribution is -2.29. The maximum atomic E-state index is 2.51. The zero-order chi connectivity index (χ0) is 9.97. The first-order valence-corrected chi connectivity index (χ1v) is 6.77. The molecule has 2 saturated carbocycles. The lowest BCUT2D eigenvalue weighted by Gasteiger charge is -2.39. The molecular weight excluding hydrogens is 168 g/mol.